The Kier molecular flexibility index (Phi) is 7.15. The van der Waals surface area contributed by atoms with Gasteiger partial charge < -0.3 is 14.6 Å². The molecule has 5 heteroatoms. The number of likely N-dealkylation sites (tertiary alicyclic amines) is 1. The van der Waals surface area contributed by atoms with Crippen molar-refractivity contribution >= 4 is 5.97 Å². The Balaban J connectivity index is 2.03. The van der Waals surface area contributed by atoms with Crippen LogP contribution in [0.4, 0.5) is 0 Å². The van der Waals surface area contributed by atoms with Crippen LogP contribution < -0.4 is 9.47 Å². The number of hydrogen-bond acceptors (Lipinski definition) is 4. The summed E-state index contributed by atoms with van der Waals surface area (Å²) in [5.74, 6) is 0.434. The maximum atomic E-state index is 11.6. The molecule has 29 heavy (non-hydrogen) atoms. The minimum Gasteiger partial charge on any atom is -0.490 e. The monoisotopic (exact) mass is 397 g/mol. The van der Waals surface area contributed by atoms with Gasteiger partial charge in [0.05, 0.1) is 25.2 Å². The number of nitrogens with zero attached hydrogens (tertiary/aromatic N) is 1. The van der Waals surface area contributed by atoms with Crippen LogP contribution in [0.15, 0.2) is 42.5 Å². The molecule has 0 aliphatic carbocycles. The second-order valence-electron chi connectivity index (χ2n) is 7.56. The third-order valence-corrected chi connectivity index (χ3v) is 5.41. The fraction of sp³-hybridized carbons (Fsp3) is 0.458. The van der Waals surface area contributed by atoms with Gasteiger partial charge in [0.15, 0.2) is 11.5 Å². The van der Waals surface area contributed by atoms with Gasteiger partial charge in [0.25, 0.3) is 0 Å². The fourth-order valence-electron chi connectivity index (χ4n) is 4.13. The van der Waals surface area contributed by atoms with E-state index in [9.17, 15) is 9.90 Å². The third-order valence-electron chi connectivity index (χ3n) is 5.41. The fourth-order valence-corrected chi connectivity index (χ4v) is 4.13. The zero-order chi connectivity index (χ0) is 20.8. The second kappa shape index (κ2) is 9.79. The Hall–Kier alpha value is -2.53. The molecule has 2 aromatic rings. The summed E-state index contributed by atoms with van der Waals surface area (Å²) < 4.78 is 11.6. The highest BCUT2D eigenvalue weighted by Gasteiger charge is 2.31. The van der Waals surface area contributed by atoms with Gasteiger partial charge in [0.1, 0.15) is 0 Å². The minimum absolute atomic E-state index is 0.0214. The standard InChI is InChI=1S/C24H31NO4/c1-4-28-21-12-11-19(15-22(21)29-5-2)23(18-9-6-8-17(3)14-18)25-13-7-10-20(16-25)24(26)27/h6,8-9,11-12,14-15,20,23H,4-5,7,10,13,16H2,1-3H3,(H,26,27). The SMILES string of the molecule is CCOc1ccc(C(c2cccc(C)c2)N2CCCC(C(=O)O)C2)cc1OCC. The number of hydrogen-bond donors (Lipinski definition) is 1. The number of aryl methyl sites for hydroxylation is 1. The van der Waals surface area contributed by atoms with E-state index in [1.165, 1.54) is 11.1 Å². The van der Waals surface area contributed by atoms with Crippen molar-refractivity contribution in [1.29, 1.82) is 0 Å². The molecule has 1 aliphatic rings. The minimum atomic E-state index is -0.709. The van der Waals surface area contributed by atoms with E-state index in [1.807, 2.05) is 26.0 Å². The number of benzene rings is 2. The second-order valence-corrected chi connectivity index (χ2v) is 7.56. The Labute approximate surface area is 173 Å². The van der Waals surface area contributed by atoms with Crippen molar-refractivity contribution in [1.82, 2.24) is 4.90 Å². The van der Waals surface area contributed by atoms with Crippen molar-refractivity contribution in [2.45, 2.75) is 39.7 Å². The molecule has 1 saturated heterocycles. The van der Waals surface area contributed by atoms with E-state index in [1.54, 1.807) is 0 Å². The summed E-state index contributed by atoms with van der Waals surface area (Å²) >= 11 is 0. The molecule has 0 saturated carbocycles. The van der Waals surface area contributed by atoms with Crippen LogP contribution >= 0.6 is 0 Å². The maximum absolute atomic E-state index is 11.6. The van der Waals surface area contributed by atoms with Crippen LogP contribution in [-0.2, 0) is 4.79 Å². The Morgan fingerprint density at radius 2 is 1.83 bits per heavy atom. The van der Waals surface area contributed by atoms with E-state index < -0.39 is 5.97 Å². The number of aliphatic carboxylic acids is 1. The van der Waals surface area contributed by atoms with Crippen LogP contribution in [0.1, 0.15) is 49.4 Å². The van der Waals surface area contributed by atoms with Crippen molar-refractivity contribution in [2.24, 2.45) is 5.92 Å². The molecule has 1 heterocycles. The van der Waals surface area contributed by atoms with Crippen molar-refractivity contribution in [3.63, 3.8) is 0 Å². The molecule has 5 nitrogen and oxygen atoms in total. The lowest BCUT2D eigenvalue weighted by Gasteiger charge is -2.38. The van der Waals surface area contributed by atoms with Gasteiger partial charge in [0.2, 0.25) is 0 Å². The quantitative estimate of drug-likeness (QED) is 0.701. The predicted molar refractivity (Wildman–Crippen MR) is 114 cm³/mol. The number of rotatable bonds is 8. The third kappa shape index (κ3) is 5.10. The average Bonchev–Trinajstić information content (AvgIpc) is 2.71. The molecule has 0 spiro atoms. The van der Waals surface area contributed by atoms with E-state index in [2.05, 4.69) is 42.2 Å². The van der Waals surface area contributed by atoms with Gasteiger partial charge >= 0.3 is 5.97 Å². The lowest BCUT2D eigenvalue weighted by atomic mass is 9.90. The number of ether oxygens (including phenoxy) is 2. The van der Waals surface area contributed by atoms with Gasteiger partial charge in [-0.05, 0) is 63.4 Å². The van der Waals surface area contributed by atoms with Gasteiger partial charge in [-0.3, -0.25) is 9.69 Å². The highest BCUT2D eigenvalue weighted by atomic mass is 16.5. The Morgan fingerprint density at radius 3 is 2.52 bits per heavy atom. The molecule has 3 rings (SSSR count). The first-order valence-corrected chi connectivity index (χ1v) is 10.5. The summed E-state index contributed by atoms with van der Waals surface area (Å²) in [5.41, 5.74) is 3.45. The van der Waals surface area contributed by atoms with Crippen LogP contribution in [0.5, 0.6) is 11.5 Å². The van der Waals surface area contributed by atoms with E-state index in [-0.39, 0.29) is 12.0 Å². The summed E-state index contributed by atoms with van der Waals surface area (Å²) in [6.45, 7) is 8.56. The molecule has 1 fully saturated rings. The van der Waals surface area contributed by atoms with Crippen LogP contribution in [0.2, 0.25) is 0 Å². The number of carbonyl (C=O) groups is 1. The Morgan fingerprint density at radius 1 is 1.10 bits per heavy atom. The number of carboxylic acids is 1. The normalized spacial score (nSPS) is 18.2. The first-order chi connectivity index (χ1) is 14.0. The van der Waals surface area contributed by atoms with Gasteiger partial charge in [-0.2, -0.15) is 0 Å². The molecule has 1 N–H and O–H groups in total. The maximum Gasteiger partial charge on any atom is 0.307 e. The van der Waals surface area contributed by atoms with E-state index in [0.29, 0.717) is 19.8 Å². The molecule has 2 atom stereocenters. The molecular formula is C24H31NO4. The van der Waals surface area contributed by atoms with Gasteiger partial charge in [-0.1, -0.05) is 35.9 Å². The van der Waals surface area contributed by atoms with E-state index >= 15 is 0 Å². The van der Waals surface area contributed by atoms with Crippen LogP contribution in [0.25, 0.3) is 0 Å². The molecule has 1 aliphatic heterocycles. The zero-order valence-corrected chi connectivity index (χ0v) is 17.6. The van der Waals surface area contributed by atoms with Crippen molar-refractivity contribution < 1.29 is 19.4 Å². The van der Waals surface area contributed by atoms with Crippen molar-refractivity contribution in [3.8, 4) is 11.5 Å². The van der Waals surface area contributed by atoms with Crippen molar-refractivity contribution in [2.75, 3.05) is 26.3 Å². The molecule has 0 bridgehead atoms. The van der Waals surface area contributed by atoms with E-state index in [0.717, 1.165) is 36.4 Å². The summed E-state index contributed by atoms with van der Waals surface area (Å²) in [7, 11) is 0. The molecule has 0 radical (unpaired) electrons. The lowest BCUT2D eigenvalue weighted by molar-refractivity contribution is -0.143. The summed E-state index contributed by atoms with van der Waals surface area (Å²) in [6.07, 6.45) is 1.62. The molecule has 156 valence electrons. The zero-order valence-electron chi connectivity index (χ0n) is 17.6. The molecule has 2 unspecified atom stereocenters. The Bertz CT molecular complexity index is 835. The van der Waals surface area contributed by atoms with Crippen LogP contribution in [0, 0.1) is 12.8 Å². The van der Waals surface area contributed by atoms with Gasteiger partial charge in [-0.25, -0.2) is 0 Å². The van der Waals surface area contributed by atoms with Gasteiger partial charge in [-0.15, -0.1) is 0 Å². The predicted octanol–water partition coefficient (Wildman–Crippen LogP) is 4.68. The summed E-state index contributed by atoms with van der Waals surface area (Å²) in [5, 5.41) is 9.57. The number of carboxylic acid groups (broad SMARTS) is 1. The largest absolute Gasteiger partial charge is 0.490 e. The van der Waals surface area contributed by atoms with Crippen LogP contribution in [-0.4, -0.2) is 42.3 Å². The highest BCUT2D eigenvalue weighted by Crippen LogP contribution is 2.37. The topological polar surface area (TPSA) is 59.0 Å². The average molecular weight is 398 g/mol. The van der Waals surface area contributed by atoms with Crippen molar-refractivity contribution in [3.05, 3.63) is 59.2 Å². The lowest BCUT2D eigenvalue weighted by Crippen LogP contribution is -2.41. The van der Waals surface area contributed by atoms with Gasteiger partial charge in [0, 0.05) is 6.54 Å². The molecule has 0 amide bonds. The van der Waals surface area contributed by atoms with Crippen LogP contribution in [0.3, 0.4) is 0 Å². The first-order valence-electron chi connectivity index (χ1n) is 10.5. The highest BCUT2D eigenvalue weighted by molar-refractivity contribution is 5.70. The molecule has 2 aromatic carbocycles. The summed E-state index contributed by atoms with van der Waals surface area (Å²) in [6, 6.07) is 14.5. The number of piperidine rings is 1. The molecule has 0 aromatic heterocycles. The summed E-state index contributed by atoms with van der Waals surface area (Å²) in [4.78, 5) is 13.9. The molecular weight excluding hydrogens is 366 g/mol. The smallest absolute Gasteiger partial charge is 0.307 e. The first kappa shape index (κ1) is 21.2. The van der Waals surface area contributed by atoms with E-state index in [4.69, 9.17) is 9.47 Å².